The van der Waals surface area contributed by atoms with Gasteiger partial charge in [-0.1, -0.05) is 17.7 Å². The molecule has 0 saturated carbocycles. The largest absolute Gasteiger partial charge is 0.388 e. The molecular formula is C12H17BrClNOS. The molecule has 5 heteroatoms. The maximum atomic E-state index is 9.97. The molecule has 0 saturated heterocycles. The zero-order chi connectivity index (χ0) is 12.9. The van der Waals surface area contributed by atoms with Crippen molar-refractivity contribution < 1.29 is 5.11 Å². The lowest BCUT2D eigenvalue weighted by molar-refractivity contribution is 0.0846. The number of hydrogen-bond donors (Lipinski definition) is 2. The van der Waals surface area contributed by atoms with Crippen LogP contribution < -0.4 is 5.32 Å². The number of nitrogens with one attached hydrogen (secondary N) is 1. The Hall–Kier alpha value is 0.260. The molecule has 1 unspecified atom stereocenters. The molecule has 0 aliphatic carbocycles. The van der Waals surface area contributed by atoms with Crippen molar-refractivity contribution in [2.24, 2.45) is 0 Å². The minimum absolute atomic E-state index is 0.571. The fourth-order valence-electron chi connectivity index (χ4n) is 1.49. The van der Waals surface area contributed by atoms with Gasteiger partial charge in [-0.2, -0.15) is 11.8 Å². The minimum atomic E-state index is -0.668. The summed E-state index contributed by atoms with van der Waals surface area (Å²) in [7, 11) is 0. The maximum absolute atomic E-state index is 9.97. The number of thioether (sulfide) groups is 1. The van der Waals surface area contributed by atoms with Crippen LogP contribution in [0.4, 0.5) is 0 Å². The lowest BCUT2D eigenvalue weighted by Gasteiger charge is -2.22. The predicted molar refractivity (Wildman–Crippen MR) is 79.9 cm³/mol. The van der Waals surface area contributed by atoms with Crippen LogP contribution in [0.5, 0.6) is 0 Å². The summed E-state index contributed by atoms with van der Waals surface area (Å²) in [5, 5.41) is 13.9. The van der Waals surface area contributed by atoms with Crippen molar-refractivity contribution in [1.82, 2.24) is 5.32 Å². The first-order chi connectivity index (χ1) is 7.94. The summed E-state index contributed by atoms with van der Waals surface area (Å²) in [5.41, 5.74) is 0.441. The molecule has 0 amide bonds. The number of benzene rings is 1. The highest BCUT2D eigenvalue weighted by Crippen LogP contribution is 2.23. The van der Waals surface area contributed by atoms with Crippen LogP contribution in [0.1, 0.15) is 12.5 Å². The van der Waals surface area contributed by atoms with Crippen molar-refractivity contribution in [3.05, 3.63) is 33.3 Å². The van der Waals surface area contributed by atoms with Crippen molar-refractivity contribution in [3.8, 4) is 0 Å². The van der Waals surface area contributed by atoms with Crippen LogP contribution in [0.15, 0.2) is 22.7 Å². The van der Waals surface area contributed by atoms with Gasteiger partial charge in [-0.15, -0.1) is 0 Å². The van der Waals surface area contributed by atoms with E-state index in [1.165, 1.54) is 0 Å². The zero-order valence-corrected chi connectivity index (χ0v) is 13.1. The van der Waals surface area contributed by atoms with E-state index in [-0.39, 0.29) is 0 Å². The molecule has 1 rings (SSSR count). The Labute approximate surface area is 120 Å². The van der Waals surface area contributed by atoms with Gasteiger partial charge in [0.05, 0.1) is 10.6 Å². The van der Waals surface area contributed by atoms with E-state index in [0.717, 1.165) is 15.8 Å². The van der Waals surface area contributed by atoms with Crippen molar-refractivity contribution in [1.29, 1.82) is 0 Å². The third-order valence-corrected chi connectivity index (χ3v) is 4.42. The summed E-state index contributed by atoms with van der Waals surface area (Å²) >= 11 is 11.0. The quantitative estimate of drug-likeness (QED) is 0.834. The highest BCUT2D eigenvalue weighted by atomic mass is 79.9. The second-order valence-electron chi connectivity index (χ2n) is 4.28. The molecular weight excluding hydrogens is 322 g/mol. The lowest BCUT2D eigenvalue weighted by atomic mass is 10.1. The van der Waals surface area contributed by atoms with E-state index in [2.05, 4.69) is 21.2 Å². The molecule has 96 valence electrons. The van der Waals surface area contributed by atoms with Crippen LogP contribution in [0.2, 0.25) is 5.02 Å². The molecule has 0 heterocycles. The zero-order valence-electron chi connectivity index (χ0n) is 9.96. The summed E-state index contributed by atoms with van der Waals surface area (Å²) in [6.45, 7) is 3.12. The average Bonchev–Trinajstić information content (AvgIpc) is 2.23. The number of hydrogen-bond acceptors (Lipinski definition) is 3. The topological polar surface area (TPSA) is 32.3 Å². The molecule has 0 spiro atoms. The van der Waals surface area contributed by atoms with E-state index in [1.807, 2.05) is 31.4 Å². The summed E-state index contributed by atoms with van der Waals surface area (Å²) < 4.78 is 0.900. The molecule has 0 radical (unpaired) electrons. The Kier molecular flexibility index (Phi) is 6.31. The molecule has 2 nitrogen and oxygen atoms in total. The van der Waals surface area contributed by atoms with Crippen LogP contribution >= 0.6 is 39.3 Å². The Morgan fingerprint density at radius 3 is 2.82 bits per heavy atom. The van der Waals surface area contributed by atoms with Crippen molar-refractivity contribution in [3.63, 3.8) is 0 Å². The summed E-state index contributed by atoms with van der Waals surface area (Å²) in [6, 6.07) is 5.85. The van der Waals surface area contributed by atoms with Gasteiger partial charge < -0.3 is 10.4 Å². The average molecular weight is 339 g/mol. The summed E-state index contributed by atoms with van der Waals surface area (Å²) in [6.07, 6.45) is 1.99. The molecule has 0 aliphatic heterocycles. The Morgan fingerprint density at radius 2 is 2.24 bits per heavy atom. The molecule has 1 aromatic rings. The van der Waals surface area contributed by atoms with Crippen molar-refractivity contribution in [2.75, 3.05) is 18.6 Å². The van der Waals surface area contributed by atoms with E-state index in [1.54, 1.807) is 11.8 Å². The highest BCUT2D eigenvalue weighted by Gasteiger charge is 2.18. The second-order valence-corrected chi connectivity index (χ2v) is 6.41. The minimum Gasteiger partial charge on any atom is -0.388 e. The maximum Gasteiger partial charge on any atom is 0.0833 e. The molecule has 0 aromatic heterocycles. The Morgan fingerprint density at radius 1 is 1.53 bits per heavy atom. The van der Waals surface area contributed by atoms with Gasteiger partial charge >= 0.3 is 0 Å². The molecule has 17 heavy (non-hydrogen) atoms. The SMILES string of the molecule is CSCC(C)(O)CNCc1ccc(Br)c(Cl)c1. The Balaban J connectivity index is 2.43. The molecule has 0 fully saturated rings. The van der Waals surface area contributed by atoms with Gasteiger partial charge in [0.25, 0.3) is 0 Å². The van der Waals surface area contributed by atoms with Gasteiger partial charge in [0.15, 0.2) is 0 Å². The van der Waals surface area contributed by atoms with Gasteiger partial charge in [0.1, 0.15) is 0 Å². The van der Waals surface area contributed by atoms with Crippen molar-refractivity contribution in [2.45, 2.75) is 19.1 Å². The van der Waals surface area contributed by atoms with Crippen LogP contribution in [-0.2, 0) is 6.54 Å². The normalized spacial score (nSPS) is 14.6. The smallest absolute Gasteiger partial charge is 0.0833 e. The van der Waals surface area contributed by atoms with Gasteiger partial charge in [-0.3, -0.25) is 0 Å². The van der Waals surface area contributed by atoms with E-state index in [0.29, 0.717) is 18.1 Å². The first kappa shape index (κ1) is 15.3. The van der Waals surface area contributed by atoms with Crippen LogP contribution in [0.3, 0.4) is 0 Å². The first-order valence-electron chi connectivity index (χ1n) is 5.30. The molecule has 0 aliphatic rings. The van der Waals surface area contributed by atoms with Crippen LogP contribution in [-0.4, -0.2) is 29.3 Å². The van der Waals surface area contributed by atoms with Crippen LogP contribution in [0, 0.1) is 0 Å². The van der Waals surface area contributed by atoms with E-state index in [9.17, 15) is 5.11 Å². The molecule has 2 N–H and O–H groups in total. The molecule has 0 bridgehead atoms. The third kappa shape index (κ3) is 5.62. The van der Waals surface area contributed by atoms with Gasteiger partial charge in [0, 0.05) is 23.3 Å². The number of rotatable bonds is 6. The van der Waals surface area contributed by atoms with E-state index in [4.69, 9.17) is 11.6 Å². The standard InChI is InChI=1S/C12H17BrClNOS/c1-12(16,8-17-2)7-15-6-9-3-4-10(13)11(14)5-9/h3-5,15-16H,6-8H2,1-2H3. The van der Waals surface area contributed by atoms with Gasteiger partial charge in [-0.05, 0) is 46.8 Å². The van der Waals surface area contributed by atoms with Crippen LogP contribution in [0.25, 0.3) is 0 Å². The number of aliphatic hydroxyl groups is 1. The van der Waals surface area contributed by atoms with E-state index < -0.39 is 5.60 Å². The first-order valence-corrected chi connectivity index (χ1v) is 7.87. The summed E-state index contributed by atoms with van der Waals surface area (Å²) in [4.78, 5) is 0. The fourth-order valence-corrected chi connectivity index (χ4v) is 2.66. The third-order valence-electron chi connectivity index (χ3n) is 2.27. The monoisotopic (exact) mass is 337 g/mol. The van der Waals surface area contributed by atoms with Gasteiger partial charge in [-0.25, -0.2) is 0 Å². The molecule has 1 aromatic carbocycles. The van der Waals surface area contributed by atoms with E-state index >= 15 is 0 Å². The lowest BCUT2D eigenvalue weighted by Crippen LogP contribution is -2.39. The highest BCUT2D eigenvalue weighted by molar-refractivity contribution is 9.10. The fraction of sp³-hybridized carbons (Fsp3) is 0.500. The van der Waals surface area contributed by atoms with Crippen molar-refractivity contribution >= 4 is 39.3 Å². The Bertz CT molecular complexity index is 374. The summed E-state index contributed by atoms with van der Waals surface area (Å²) in [5.74, 6) is 0.723. The molecule has 1 atom stereocenters. The number of halogens is 2. The van der Waals surface area contributed by atoms with Gasteiger partial charge in [0.2, 0.25) is 0 Å². The second kappa shape index (κ2) is 7.00. The predicted octanol–water partition coefficient (Wildman–Crippen LogP) is 3.31.